The third kappa shape index (κ3) is 4.53. The van der Waals surface area contributed by atoms with Crippen LogP contribution < -0.4 is 10.6 Å². The van der Waals surface area contributed by atoms with Crippen molar-refractivity contribution in [2.24, 2.45) is 0 Å². The number of nitrogens with one attached hydrogen (secondary N) is 2. The van der Waals surface area contributed by atoms with Crippen molar-refractivity contribution < 1.29 is 32.3 Å². The lowest BCUT2D eigenvalue weighted by Crippen LogP contribution is -2.54. The Morgan fingerprint density at radius 2 is 1.81 bits per heavy atom. The van der Waals surface area contributed by atoms with Crippen LogP contribution in [-0.2, 0) is 16.1 Å². The highest BCUT2D eigenvalue weighted by atomic mass is 19.4. The normalized spacial score (nSPS) is 24.2. The molecule has 2 atom stereocenters. The Labute approximate surface area is 182 Å². The number of carbonyl (C=O) groups is 4. The Morgan fingerprint density at radius 3 is 2.47 bits per heavy atom. The zero-order valence-electron chi connectivity index (χ0n) is 17.2. The van der Waals surface area contributed by atoms with Gasteiger partial charge < -0.3 is 5.32 Å². The van der Waals surface area contributed by atoms with E-state index in [1.54, 1.807) is 0 Å². The van der Waals surface area contributed by atoms with Crippen molar-refractivity contribution >= 4 is 23.6 Å². The van der Waals surface area contributed by atoms with Gasteiger partial charge in [-0.25, -0.2) is 0 Å². The standard InChI is InChI=1S/C21H23F3N4O4/c22-21(23,24)11-27(13-2-1-7-25-9-13)10-12-3-4-14-15(8-12)20(32)28(19(14)31)16-5-6-17(29)26-18(16)30/h3-4,8,13,16,25H,1-2,5-7,9-11H2,(H,26,29,30). The molecule has 2 unspecified atom stereocenters. The van der Waals surface area contributed by atoms with Crippen molar-refractivity contribution in [1.29, 1.82) is 0 Å². The zero-order valence-corrected chi connectivity index (χ0v) is 17.2. The number of piperidine rings is 2. The van der Waals surface area contributed by atoms with Crippen molar-refractivity contribution in [2.45, 2.75) is 50.5 Å². The largest absolute Gasteiger partial charge is 0.401 e. The molecule has 2 saturated heterocycles. The highest BCUT2D eigenvalue weighted by Crippen LogP contribution is 2.29. The third-order valence-corrected chi connectivity index (χ3v) is 6.06. The summed E-state index contributed by atoms with van der Waals surface area (Å²) in [6.45, 7) is 0.106. The molecule has 4 amide bonds. The molecule has 0 aromatic heterocycles. The molecule has 3 aliphatic rings. The van der Waals surface area contributed by atoms with Gasteiger partial charge in [-0.3, -0.25) is 34.3 Å². The molecule has 1 aromatic carbocycles. The first-order valence-electron chi connectivity index (χ1n) is 10.5. The Kier molecular flexibility index (Phi) is 6.04. The van der Waals surface area contributed by atoms with E-state index < -0.39 is 42.4 Å². The number of hydrogen-bond donors (Lipinski definition) is 2. The summed E-state index contributed by atoms with van der Waals surface area (Å²) in [6, 6.07) is 3.01. The number of imide groups is 2. The van der Waals surface area contributed by atoms with Crippen LogP contribution in [0.3, 0.4) is 0 Å². The van der Waals surface area contributed by atoms with Gasteiger partial charge in [-0.1, -0.05) is 6.07 Å². The van der Waals surface area contributed by atoms with Crippen molar-refractivity contribution in [3.8, 4) is 0 Å². The zero-order chi connectivity index (χ0) is 23.0. The fraction of sp³-hybridized carbons (Fsp3) is 0.524. The van der Waals surface area contributed by atoms with Crippen molar-refractivity contribution in [2.75, 3.05) is 19.6 Å². The second kappa shape index (κ2) is 8.62. The summed E-state index contributed by atoms with van der Waals surface area (Å²) in [4.78, 5) is 51.4. The van der Waals surface area contributed by atoms with Crippen molar-refractivity contribution in [3.63, 3.8) is 0 Å². The van der Waals surface area contributed by atoms with Gasteiger partial charge >= 0.3 is 6.18 Å². The molecular weight excluding hydrogens is 429 g/mol. The summed E-state index contributed by atoms with van der Waals surface area (Å²) in [5.74, 6) is -2.50. The van der Waals surface area contributed by atoms with E-state index in [-0.39, 0.29) is 36.6 Å². The van der Waals surface area contributed by atoms with Gasteiger partial charge in [0.05, 0.1) is 17.7 Å². The second-order valence-corrected chi connectivity index (χ2v) is 8.35. The molecule has 0 aliphatic carbocycles. The molecule has 0 radical (unpaired) electrons. The molecule has 11 heteroatoms. The highest BCUT2D eigenvalue weighted by molar-refractivity contribution is 6.23. The Morgan fingerprint density at radius 1 is 1.06 bits per heavy atom. The van der Waals surface area contributed by atoms with E-state index in [2.05, 4.69) is 10.6 Å². The van der Waals surface area contributed by atoms with Gasteiger partial charge in [0.2, 0.25) is 11.8 Å². The molecule has 1 aromatic rings. The Hall–Kier alpha value is -2.79. The molecule has 0 spiro atoms. The lowest BCUT2D eigenvalue weighted by atomic mass is 10.0. The van der Waals surface area contributed by atoms with Crippen LogP contribution in [0.25, 0.3) is 0 Å². The van der Waals surface area contributed by atoms with Crippen LogP contribution >= 0.6 is 0 Å². The minimum absolute atomic E-state index is 0.0108. The number of halogens is 3. The molecule has 0 saturated carbocycles. The predicted octanol–water partition coefficient (Wildman–Crippen LogP) is 1.20. The highest BCUT2D eigenvalue weighted by Gasteiger charge is 2.44. The maximum atomic E-state index is 13.2. The fourth-order valence-electron chi connectivity index (χ4n) is 4.54. The second-order valence-electron chi connectivity index (χ2n) is 8.35. The van der Waals surface area contributed by atoms with Crippen LogP contribution in [0.5, 0.6) is 0 Å². The number of benzene rings is 1. The number of hydrogen-bond acceptors (Lipinski definition) is 6. The summed E-state index contributed by atoms with van der Waals surface area (Å²) in [6.07, 6.45) is -2.91. The minimum Gasteiger partial charge on any atom is -0.315 e. The average Bonchev–Trinajstić information content (AvgIpc) is 2.97. The molecular formula is C21H23F3N4O4. The lowest BCUT2D eigenvalue weighted by molar-refractivity contribution is -0.153. The number of alkyl halides is 3. The molecule has 0 bridgehead atoms. The van der Waals surface area contributed by atoms with E-state index in [0.29, 0.717) is 18.5 Å². The maximum Gasteiger partial charge on any atom is 0.401 e. The minimum atomic E-state index is -4.37. The van der Waals surface area contributed by atoms with E-state index >= 15 is 0 Å². The molecule has 172 valence electrons. The van der Waals surface area contributed by atoms with E-state index in [1.165, 1.54) is 23.1 Å². The van der Waals surface area contributed by atoms with Gasteiger partial charge in [-0.2, -0.15) is 13.2 Å². The molecule has 3 aliphatic heterocycles. The van der Waals surface area contributed by atoms with Crippen LogP contribution in [-0.4, -0.2) is 71.3 Å². The average molecular weight is 452 g/mol. The van der Waals surface area contributed by atoms with Gasteiger partial charge in [0.1, 0.15) is 6.04 Å². The molecule has 8 nitrogen and oxygen atoms in total. The van der Waals surface area contributed by atoms with Gasteiger partial charge in [0.25, 0.3) is 11.8 Å². The van der Waals surface area contributed by atoms with Crippen LogP contribution in [0.15, 0.2) is 18.2 Å². The number of fused-ring (bicyclic) bond motifs is 1. The van der Waals surface area contributed by atoms with Gasteiger partial charge in [-0.15, -0.1) is 0 Å². The van der Waals surface area contributed by atoms with Crippen LogP contribution in [0, 0.1) is 0 Å². The first-order valence-corrected chi connectivity index (χ1v) is 10.5. The quantitative estimate of drug-likeness (QED) is 0.652. The first kappa shape index (κ1) is 22.4. The summed E-state index contributed by atoms with van der Waals surface area (Å²) in [7, 11) is 0. The summed E-state index contributed by atoms with van der Waals surface area (Å²) in [5.41, 5.74) is 0.640. The van der Waals surface area contributed by atoms with E-state index in [1.807, 2.05) is 0 Å². The topological polar surface area (TPSA) is 98.8 Å². The molecule has 2 N–H and O–H groups in total. The summed E-state index contributed by atoms with van der Waals surface area (Å²) >= 11 is 0. The molecule has 2 fully saturated rings. The van der Waals surface area contributed by atoms with Gasteiger partial charge in [0, 0.05) is 25.6 Å². The van der Waals surface area contributed by atoms with Crippen LogP contribution in [0.4, 0.5) is 13.2 Å². The first-order chi connectivity index (χ1) is 15.1. The SMILES string of the molecule is O=C1CCC(N2C(=O)c3ccc(CN(CC(F)(F)F)C4CCCNC4)cc3C2=O)C(=O)N1. The summed E-state index contributed by atoms with van der Waals surface area (Å²) in [5, 5.41) is 5.24. The van der Waals surface area contributed by atoms with Crippen molar-refractivity contribution in [3.05, 3.63) is 34.9 Å². The molecule has 4 rings (SSSR count). The van der Waals surface area contributed by atoms with Gasteiger partial charge in [-0.05, 0) is 43.5 Å². The lowest BCUT2D eigenvalue weighted by Gasteiger charge is -2.35. The van der Waals surface area contributed by atoms with Crippen LogP contribution in [0.1, 0.15) is 52.0 Å². The van der Waals surface area contributed by atoms with Gasteiger partial charge in [0.15, 0.2) is 0 Å². The monoisotopic (exact) mass is 452 g/mol. The Bertz CT molecular complexity index is 959. The summed E-state index contributed by atoms with van der Waals surface area (Å²) < 4.78 is 39.6. The Balaban J connectivity index is 1.56. The number of nitrogens with zero attached hydrogens (tertiary/aromatic N) is 2. The third-order valence-electron chi connectivity index (χ3n) is 6.06. The van der Waals surface area contributed by atoms with Crippen LogP contribution in [0.2, 0.25) is 0 Å². The maximum absolute atomic E-state index is 13.2. The number of rotatable bonds is 5. The van der Waals surface area contributed by atoms with E-state index in [4.69, 9.17) is 0 Å². The van der Waals surface area contributed by atoms with E-state index in [0.717, 1.165) is 17.9 Å². The van der Waals surface area contributed by atoms with E-state index in [9.17, 15) is 32.3 Å². The predicted molar refractivity (Wildman–Crippen MR) is 105 cm³/mol. The van der Waals surface area contributed by atoms with Crippen molar-refractivity contribution in [1.82, 2.24) is 20.4 Å². The number of carbonyl (C=O) groups excluding carboxylic acids is 4. The fourth-order valence-corrected chi connectivity index (χ4v) is 4.54. The molecule has 32 heavy (non-hydrogen) atoms. The molecule has 3 heterocycles. The smallest absolute Gasteiger partial charge is 0.315 e. The number of amides is 4.